The van der Waals surface area contributed by atoms with E-state index in [1.165, 1.54) is 0 Å². The van der Waals surface area contributed by atoms with Gasteiger partial charge in [-0.15, -0.1) is 0 Å². The third-order valence-electron chi connectivity index (χ3n) is 8.00. The minimum absolute atomic E-state index is 0.132. The first-order valence-electron chi connectivity index (χ1n) is 14.1. The van der Waals surface area contributed by atoms with Crippen molar-refractivity contribution in [3.63, 3.8) is 0 Å². The molecule has 3 heterocycles. The SMILES string of the molecule is CC(=O)CC1CCN(C(=O)c2nn(CCC3CCC(Oc4ncccc4C)CC3)cc2CCC(F)(F)F)CC1. The first-order chi connectivity index (χ1) is 18.6. The number of piperidine rings is 1. The molecule has 4 rings (SSSR count). The minimum Gasteiger partial charge on any atom is -0.474 e. The number of alkyl halides is 3. The van der Waals surface area contributed by atoms with E-state index in [0.29, 0.717) is 43.4 Å². The maximum atomic E-state index is 13.3. The maximum Gasteiger partial charge on any atom is 0.389 e. The molecule has 1 aliphatic carbocycles. The molecule has 2 aromatic heterocycles. The Hall–Kier alpha value is -2.91. The molecule has 0 bridgehead atoms. The Labute approximate surface area is 228 Å². The highest BCUT2D eigenvalue weighted by atomic mass is 19.4. The summed E-state index contributed by atoms with van der Waals surface area (Å²) in [6.07, 6.45) is 4.59. The zero-order valence-corrected chi connectivity index (χ0v) is 22.9. The van der Waals surface area contributed by atoms with E-state index in [9.17, 15) is 22.8 Å². The van der Waals surface area contributed by atoms with Crippen molar-refractivity contribution >= 4 is 11.7 Å². The molecule has 0 N–H and O–H groups in total. The van der Waals surface area contributed by atoms with Crippen LogP contribution in [0.25, 0.3) is 0 Å². The number of ketones is 1. The number of carbonyl (C=O) groups is 2. The van der Waals surface area contributed by atoms with Crippen LogP contribution in [0.5, 0.6) is 5.88 Å². The van der Waals surface area contributed by atoms with Crippen LogP contribution in [0.4, 0.5) is 13.2 Å². The number of pyridine rings is 1. The van der Waals surface area contributed by atoms with E-state index in [1.54, 1.807) is 28.9 Å². The summed E-state index contributed by atoms with van der Waals surface area (Å²) in [4.78, 5) is 30.7. The molecular formula is C29H39F3N4O3. The molecule has 0 radical (unpaired) electrons. The third-order valence-corrected chi connectivity index (χ3v) is 8.00. The Balaban J connectivity index is 1.33. The van der Waals surface area contributed by atoms with E-state index < -0.39 is 12.6 Å². The van der Waals surface area contributed by atoms with Crippen LogP contribution in [-0.2, 0) is 17.8 Å². The lowest BCUT2D eigenvalue weighted by Gasteiger charge is -2.31. The second-order valence-corrected chi connectivity index (χ2v) is 11.2. The van der Waals surface area contributed by atoms with Gasteiger partial charge in [0, 0.05) is 56.0 Å². The van der Waals surface area contributed by atoms with E-state index in [-0.39, 0.29) is 35.8 Å². The Morgan fingerprint density at radius 3 is 2.44 bits per heavy atom. The zero-order valence-electron chi connectivity index (χ0n) is 22.9. The highest BCUT2D eigenvalue weighted by molar-refractivity contribution is 5.93. The van der Waals surface area contributed by atoms with Crippen LogP contribution in [0.2, 0.25) is 0 Å². The summed E-state index contributed by atoms with van der Waals surface area (Å²) in [5.41, 5.74) is 1.50. The van der Waals surface area contributed by atoms with Crippen LogP contribution in [0.15, 0.2) is 24.5 Å². The number of likely N-dealkylation sites (tertiary alicyclic amines) is 1. The van der Waals surface area contributed by atoms with Crippen molar-refractivity contribution in [2.45, 2.75) is 96.9 Å². The predicted octanol–water partition coefficient (Wildman–Crippen LogP) is 5.94. The third kappa shape index (κ3) is 8.54. The van der Waals surface area contributed by atoms with Crippen LogP contribution in [0.1, 0.15) is 86.3 Å². The summed E-state index contributed by atoms with van der Waals surface area (Å²) in [6.45, 7) is 5.09. The van der Waals surface area contributed by atoms with Gasteiger partial charge in [0.2, 0.25) is 5.88 Å². The number of rotatable bonds is 10. The molecule has 1 aliphatic heterocycles. The molecule has 0 aromatic carbocycles. The summed E-state index contributed by atoms with van der Waals surface area (Å²) >= 11 is 0. The molecule has 39 heavy (non-hydrogen) atoms. The number of Topliss-reactive ketones (excluding diaryl/α,β-unsaturated/α-hetero) is 1. The Morgan fingerprint density at radius 1 is 1.08 bits per heavy atom. The van der Waals surface area contributed by atoms with E-state index in [0.717, 1.165) is 50.5 Å². The monoisotopic (exact) mass is 548 g/mol. The summed E-state index contributed by atoms with van der Waals surface area (Å²) < 4.78 is 46.8. The Kier molecular flexibility index (Phi) is 9.67. The standard InChI is InChI=1S/C29H39F3N4O3/c1-20-4-3-14-33-27(20)39-25-7-5-22(6-8-25)12-17-36-19-24(9-13-29(30,31)32)26(34-36)28(38)35-15-10-23(11-16-35)18-21(2)37/h3-4,14,19,22-23,25H,5-13,15-18H2,1-2H3. The molecule has 1 amide bonds. The van der Waals surface area contributed by atoms with Crippen LogP contribution in [0, 0.1) is 18.8 Å². The van der Waals surface area contributed by atoms with Gasteiger partial charge in [0.05, 0.1) is 0 Å². The molecule has 214 valence electrons. The van der Waals surface area contributed by atoms with Crippen molar-refractivity contribution in [3.05, 3.63) is 41.3 Å². The second kappa shape index (κ2) is 13.0. The smallest absolute Gasteiger partial charge is 0.389 e. The van der Waals surface area contributed by atoms with Crippen LogP contribution < -0.4 is 4.74 Å². The van der Waals surface area contributed by atoms with Crippen LogP contribution in [-0.4, -0.2) is 56.7 Å². The highest BCUT2D eigenvalue weighted by Gasteiger charge is 2.31. The van der Waals surface area contributed by atoms with Gasteiger partial charge < -0.3 is 14.4 Å². The number of ether oxygens (including phenoxy) is 1. The van der Waals surface area contributed by atoms with Gasteiger partial charge in [-0.05, 0) is 83.1 Å². The number of carbonyl (C=O) groups excluding carboxylic acids is 2. The fourth-order valence-electron chi connectivity index (χ4n) is 5.72. The van der Waals surface area contributed by atoms with Crippen molar-refractivity contribution < 1.29 is 27.5 Å². The largest absolute Gasteiger partial charge is 0.474 e. The predicted molar refractivity (Wildman–Crippen MR) is 140 cm³/mol. The molecule has 2 fully saturated rings. The zero-order chi connectivity index (χ0) is 28.0. The molecule has 0 spiro atoms. The molecule has 0 unspecified atom stereocenters. The Morgan fingerprint density at radius 2 is 1.79 bits per heavy atom. The highest BCUT2D eigenvalue weighted by Crippen LogP contribution is 2.31. The average Bonchev–Trinajstić information content (AvgIpc) is 3.31. The van der Waals surface area contributed by atoms with Gasteiger partial charge in [-0.2, -0.15) is 18.3 Å². The normalized spacial score (nSPS) is 20.7. The summed E-state index contributed by atoms with van der Waals surface area (Å²) in [5.74, 6) is 1.23. The summed E-state index contributed by atoms with van der Waals surface area (Å²) in [5, 5.41) is 4.49. The van der Waals surface area contributed by atoms with Gasteiger partial charge >= 0.3 is 6.18 Å². The fourth-order valence-corrected chi connectivity index (χ4v) is 5.72. The van der Waals surface area contributed by atoms with Crippen molar-refractivity contribution in [2.75, 3.05) is 13.1 Å². The number of aromatic nitrogens is 3. The quantitative estimate of drug-likeness (QED) is 0.367. The first kappa shape index (κ1) is 29.1. The second-order valence-electron chi connectivity index (χ2n) is 11.2. The van der Waals surface area contributed by atoms with Gasteiger partial charge in [-0.1, -0.05) is 6.07 Å². The van der Waals surface area contributed by atoms with Gasteiger partial charge in [0.25, 0.3) is 5.91 Å². The lowest BCUT2D eigenvalue weighted by molar-refractivity contribution is -0.134. The fraction of sp³-hybridized carbons (Fsp3) is 0.655. The van der Waals surface area contributed by atoms with E-state index in [1.807, 2.05) is 19.1 Å². The maximum absolute atomic E-state index is 13.3. The number of aryl methyl sites for hydroxylation is 3. The van der Waals surface area contributed by atoms with Crippen molar-refractivity contribution in [3.8, 4) is 5.88 Å². The topological polar surface area (TPSA) is 77.3 Å². The van der Waals surface area contributed by atoms with Crippen molar-refractivity contribution in [1.29, 1.82) is 0 Å². The molecular weight excluding hydrogens is 509 g/mol. The summed E-state index contributed by atoms with van der Waals surface area (Å²) in [6, 6.07) is 3.87. The molecule has 2 aliphatic rings. The van der Waals surface area contributed by atoms with Gasteiger partial charge in [-0.3, -0.25) is 9.48 Å². The number of amides is 1. The number of halogens is 3. The minimum atomic E-state index is -4.30. The molecule has 7 nitrogen and oxygen atoms in total. The number of hydrogen-bond acceptors (Lipinski definition) is 5. The molecule has 10 heteroatoms. The number of nitrogens with zero attached hydrogens (tertiary/aromatic N) is 4. The first-order valence-corrected chi connectivity index (χ1v) is 14.1. The van der Waals surface area contributed by atoms with Gasteiger partial charge in [0.15, 0.2) is 5.69 Å². The van der Waals surface area contributed by atoms with E-state index >= 15 is 0 Å². The Bertz CT molecular complexity index is 1120. The van der Waals surface area contributed by atoms with Gasteiger partial charge in [-0.25, -0.2) is 4.98 Å². The van der Waals surface area contributed by atoms with Crippen molar-refractivity contribution in [2.24, 2.45) is 11.8 Å². The van der Waals surface area contributed by atoms with Crippen molar-refractivity contribution in [1.82, 2.24) is 19.7 Å². The molecule has 1 saturated heterocycles. The molecule has 2 aromatic rings. The average molecular weight is 549 g/mol. The summed E-state index contributed by atoms with van der Waals surface area (Å²) in [7, 11) is 0. The lowest BCUT2D eigenvalue weighted by atomic mass is 9.85. The van der Waals surface area contributed by atoms with Crippen LogP contribution in [0.3, 0.4) is 0 Å². The van der Waals surface area contributed by atoms with Gasteiger partial charge in [0.1, 0.15) is 11.9 Å². The number of hydrogen-bond donors (Lipinski definition) is 0. The van der Waals surface area contributed by atoms with Crippen LogP contribution >= 0.6 is 0 Å². The van der Waals surface area contributed by atoms with E-state index in [4.69, 9.17) is 4.74 Å². The van der Waals surface area contributed by atoms with E-state index in [2.05, 4.69) is 10.1 Å². The molecule has 0 atom stereocenters. The molecule has 1 saturated carbocycles. The lowest BCUT2D eigenvalue weighted by Crippen LogP contribution is -2.39.